The minimum Gasteiger partial charge on any atom is -0.369 e. The molecule has 114 valence electrons. The van der Waals surface area contributed by atoms with Crippen LogP contribution in [-0.4, -0.2) is 30.1 Å². The van der Waals surface area contributed by atoms with Crippen molar-refractivity contribution in [1.29, 1.82) is 0 Å². The van der Waals surface area contributed by atoms with E-state index in [2.05, 4.69) is 29.7 Å². The first kappa shape index (κ1) is 15.7. The van der Waals surface area contributed by atoms with Crippen molar-refractivity contribution in [2.45, 2.75) is 24.8 Å². The maximum absolute atomic E-state index is 12.1. The normalized spacial score (nSPS) is 11.5. The molecule has 0 bridgehead atoms. The average Bonchev–Trinajstić information content (AvgIpc) is 2.97. The van der Waals surface area contributed by atoms with Gasteiger partial charge in [0.05, 0.1) is 11.6 Å². The Morgan fingerprint density at radius 3 is 2.81 bits per heavy atom. The van der Waals surface area contributed by atoms with Crippen molar-refractivity contribution in [2.24, 2.45) is 0 Å². The molecule has 2 aromatic heterocycles. The quantitative estimate of drug-likeness (QED) is 0.789. The lowest BCUT2D eigenvalue weighted by Gasteiger charge is -2.09. The Kier molecular flexibility index (Phi) is 5.10. The molecule has 2 aromatic rings. The molecule has 8 nitrogen and oxygen atoms in total. The van der Waals surface area contributed by atoms with Crippen LogP contribution in [0.2, 0.25) is 5.02 Å². The Morgan fingerprint density at radius 1 is 1.38 bits per heavy atom. The molecule has 0 saturated carbocycles. The SMILES string of the molecule is CCCNc1ncc(S(=O)(=O)NCc2ncon2)cc1Cl. The first-order valence-corrected chi connectivity index (χ1v) is 8.03. The van der Waals surface area contributed by atoms with Crippen LogP contribution in [0.15, 0.2) is 28.1 Å². The van der Waals surface area contributed by atoms with Crippen molar-refractivity contribution in [1.82, 2.24) is 19.8 Å². The fraction of sp³-hybridized carbons (Fsp3) is 0.364. The number of anilines is 1. The molecule has 2 N–H and O–H groups in total. The van der Waals surface area contributed by atoms with Gasteiger partial charge in [0, 0.05) is 12.7 Å². The van der Waals surface area contributed by atoms with E-state index >= 15 is 0 Å². The standard InChI is InChI=1S/C11H14ClN5O3S/c1-2-3-13-11-9(12)4-8(5-14-11)21(18,19)16-6-10-15-7-20-17-10/h4-5,7,16H,2-3,6H2,1H3,(H,13,14). The lowest BCUT2D eigenvalue weighted by atomic mass is 10.4. The molecule has 0 aliphatic carbocycles. The van der Waals surface area contributed by atoms with Crippen LogP contribution in [0.5, 0.6) is 0 Å². The fourth-order valence-electron chi connectivity index (χ4n) is 1.45. The lowest BCUT2D eigenvalue weighted by Crippen LogP contribution is -2.24. The number of nitrogens with one attached hydrogen (secondary N) is 2. The molecule has 0 fully saturated rings. The van der Waals surface area contributed by atoms with E-state index in [1.54, 1.807) is 0 Å². The van der Waals surface area contributed by atoms with Crippen LogP contribution in [0.25, 0.3) is 0 Å². The summed E-state index contributed by atoms with van der Waals surface area (Å²) in [7, 11) is -3.74. The van der Waals surface area contributed by atoms with Crippen LogP contribution in [0, 0.1) is 0 Å². The van der Waals surface area contributed by atoms with E-state index in [1.807, 2.05) is 6.92 Å². The molecule has 0 radical (unpaired) electrons. The zero-order chi connectivity index (χ0) is 15.3. The second kappa shape index (κ2) is 6.83. The summed E-state index contributed by atoms with van der Waals surface area (Å²) < 4.78 is 31.0. The fourth-order valence-corrected chi connectivity index (χ4v) is 2.70. The van der Waals surface area contributed by atoms with Crippen molar-refractivity contribution in [3.05, 3.63) is 29.5 Å². The number of hydrogen-bond donors (Lipinski definition) is 2. The highest BCUT2D eigenvalue weighted by Gasteiger charge is 2.17. The van der Waals surface area contributed by atoms with Crippen LogP contribution in [0.3, 0.4) is 0 Å². The topological polar surface area (TPSA) is 110 Å². The summed E-state index contributed by atoms with van der Waals surface area (Å²) in [5, 5.41) is 6.76. The zero-order valence-corrected chi connectivity index (χ0v) is 12.8. The Balaban J connectivity index is 2.10. The molecular formula is C11H14ClN5O3S. The maximum Gasteiger partial charge on any atom is 0.242 e. The number of rotatable bonds is 7. The summed E-state index contributed by atoms with van der Waals surface area (Å²) in [6, 6.07) is 1.34. The van der Waals surface area contributed by atoms with Gasteiger partial charge in [-0.1, -0.05) is 23.7 Å². The summed E-state index contributed by atoms with van der Waals surface area (Å²) in [6.45, 7) is 2.63. The van der Waals surface area contributed by atoms with E-state index in [1.165, 1.54) is 12.3 Å². The van der Waals surface area contributed by atoms with E-state index < -0.39 is 10.0 Å². The predicted octanol–water partition coefficient (Wildman–Crippen LogP) is 1.42. The molecule has 0 unspecified atom stereocenters. The zero-order valence-electron chi connectivity index (χ0n) is 11.2. The highest BCUT2D eigenvalue weighted by molar-refractivity contribution is 7.89. The molecule has 0 aromatic carbocycles. The number of hydrogen-bond acceptors (Lipinski definition) is 7. The Morgan fingerprint density at radius 2 is 2.19 bits per heavy atom. The van der Waals surface area contributed by atoms with Gasteiger partial charge in [-0.05, 0) is 12.5 Å². The van der Waals surface area contributed by atoms with Crippen LogP contribution in [-0.2, 0) is 16.6 Å². The summed E-state index contributed by atoms with van der Waals surface area (Å²) >= 11 is 6.01. The number of halogens is 1. The minimum atomic E-state index is -3.74. The molecule has 0 amide bonds. The molecule has 0 spiro atoms. The van der Waals surface area contributed by atoms with Crippen molar-refractivity contribution in [2.75, 3.05) is 11.9 Å². The number of sulfonamides is 1. The third-order valence-corrected chi connectivity index (χ3v) is 4.15. The van der Waals surface area contributed by atoms with Crippen molar-refractivity contribution in [3.63, 3.8) is 0 Å². The molecule has 2 heterocycles. The van der Waals surface area contributed by atoms with E-state index in [9.17, 15) is 8.42 Å². The van der Waals surface area contributed by atoms with Gasteiger partial charge in [0.15, 0.2) is 5.82 Å². The Hall–Kier alpha value is -1.71. The Bertz CT molecular complexity index is 690. The van der Waals surface area contributed by atoms with Crippen LogP contribution in [0.1, 0.15) is 19.2 Å². The molecule has 21 heavy (non-hydrogen) atoms. The summed E-state index contributed by atoms with van der Waals surface area (Å²) in [4.78, 5) is 7.71. The third-order valence-electron chi connectivity index (χ3n) is 2.50. The second-order valence-corrected chi connectivity index (χ2v) is 6.27. The maximum atomic E-state index is 12.1. The summed E-state index contributed by atoms with van der Waals surface area (Å²) in [6.07, 6.45) is 3.27. The van der Waals surface area contributed by atoms with Gasteiger partial charge < -0.3 is 9.84 Å². The molecular weight excluding hydrogens is 318 g/mol. The minimum absolute atomic E-state index is 0.0296. The van der Waals surface area contributed by atoms with Gasteiger partial charge in [-0.3, -0.25) is 0 Å². The van der Waals surface area contributed by atoms with E-state index in [4.69, 9.17) is 11.6 Å². The summed E-state index contributed by atoms with van der Waals surface area (Å²) in [5.41, 5.74) is 0. The van der Waals surface area contributed by atoms with Gasteiger partial charge in [0.1, 0.15) is 10.7 Å². The monoisotopic (exact) mass is 331 g/mol. The van der Waals surface area contributed by atoms with E-state index in [-0.39, 0.29) is 22.3 Å². The highest BCUT2D eigenvalue weighted by atomic mass is 35.5. The summed E-state index contributed by atoms with van der Waals surface area (Å²) in [5.74, 6) is 0.689. The lowest BCUT2D eigenvalue weighted by molar-refractivity contribution is 0.409. The number of aromatic nitrogens is 3. The second-order valence-electron chi connectivity index (χ2n) is 4.10. The Labute approximate surface area is 127 Å². The number of pyridine rings is 1. The van der Waals surface area contributed by atoms with Gasteiger partial charge in [0.2, 0.25) is 16.4 Å². The van der Waals surface area contributed by atoms with Gasteiger partial charge in [-0.15, -0.1) is 0 Å². The van der Waals surface area contributed by atoms with Gasteiger partial charge in [-0.2, -0.15) is 4.98 Å². The predicted molar refractivity (Wildman–Crippen MR) is 76.4 cm³/mol. The molecule has 10 heteroatoms. The van der Waals surface area contributed by atoms with Gasteiger partial charge in [-0.25, -0.2) is 18.1 Å². The highest BCUT2D eigenvalue weighted by Crippen LogP contribution is 2.22. The third kappa shape index (κ3) is 4.13. The largest absolute Gasteiger partial charge is 0.369 e. The van der Waals surface area contributed by atoms with Crippen LogP contribution < -0.4 is 10.0 Å². The smallest absolute Gasteiger partial charge is 0.242 e. The van der Waals surface area contributed by atoms with Crippen molar-refractivity contribution < 1.29 is 12.9 Å². The molecule has 0 atom stereocenters. The first-order chi connectivity index (χ1) is 10.0. The molecule has 0 aliphatic rings. The van der Waals surface area contributed by atoms with E-state index in [0.29, 0.717) is 12.4 Å². The first-order valence-electron chi connectivity index (χ1n) is 6.17. The average molecular weight is 332 g/mol. The van der Waals surface area contributed by atoms with Gasteiger partial charge >= 0.3 is 0 Å². The van der Waals surface area contributed by atoms with Crippen molar-refractivity contribution >= 4 is 27.4 Å². The van der Waals surface area contributed by atoms with E-state index in [0.717, 1.165) is 12.8 Å². The van der Waals surface area contributed by atoms with Crippen molar-refractivity contribution in [3.8, 4) is 0 Å². The molecule has 0 aliphatic heterocycles. The molecule has 2 rings (SSSR count). The number of nitrogens with zero attached hydrogens (tertiary/aromatic N) is 3. The van der Waals surface area contributed by atoms with Crippen LogP contribution in [0.4, 0.5) is 5.82 Å². The van der Waals surface area contributed by atoms with Gasteiger partial charge in [0.25, 0.3) is 0 Å². The molecule has 0 saturated heterocycles. The van der Waals surface area contributed by atoms with Crippen LogP contribution >= 0.6 is 11.6 Å².